The molecule has 0 aromatic heterocycles. The molecule has 1 heteroatoms. The molecule has 1 atom stereocenters. The van der Waals surface area contributed by atoms with E-state index in [0.29, 0.717) is 17.3 Å². The van der Waals surface area contributed by atoms with Gasteiger partial charge in [0.25, 0.3) is 0 Å². The van der Waals surface area contributed by atoms with Crippen LogP contribution in [0.2, 0.25) is 0 Å². The number of hydrogen-bond donors (Lipinski definition) is 1. The van der Waals surface area contributed by atoms with Crippen LogP contribution in [0, 0.1) is 17.3 Å². The monoisotopic (exact) mass is 299 g/mol. The second-order valence-electron chi connectivity index (χ2n) is 8.09. The van der Waals surface area contributed by atoms with Gasteiger partial charge >= 0.3 is 0 Å². The van der Waals surface area contributed by atoms with Crippen molar-refractivity contribution in [2.45, 2.75) is 66.7 Å². The maximum absolute atomic E-state index is 4.27. The lowest BCUT2D eigenvalue weighted by molar-refractivity contribution is 0.326. The molecular weight excluding hydrogens is 266 g/mol. The molecule has 0 aromatic rings. The van der Waals surface area contributed by atoms with Crippen LogP contribution in [0.15, 0.2) is 47.3 Å². The van der Waals surface area contributed by atoms with E-state index in [1.54, 1.807) is 0 Å². The minimum Gasteiger partial charge on any atom is -0.359 e. The molecule has 0 aromatic carbocycles. The molecule has 22 heavy (non-hydrogen) atoms. The van der Waals surface area contributed by atoms with Crippen molar-refractivity contribution in [2.24, 2.45) is 17.3 Å². The predicted molar refractivity (Wildman–Crippen MR) is 97.4 cm³/mol. The zero-order valence-corrected chi connectivity index (χ0v) is 15.1. The van der Waals surface area contributed by atoms with E-state index in [4.69, 9.17) is 0 Å². The molecule has 2 aliphatic rings. The van der Waals surface area contributed by atoms with Crippen molar-refractivity contribution in [3.63, 3.8) is 0 Å². The Bertz CT molecular complexity index is 514. The third kappa shape index (κ3) is 4.15. The van der Waals surface area contributed by atoms with E-state index in [1.165, 1.54) is 36.1 Å². The van der Waals surface area contributed by atoms with Crippen LogP contribution in [-0.2, 0) is 0 Å². The molecule has 0 saturated carbocycles. The van der Waals surface area contributed by atoms with Gasteiger partial charge in [-0.15, -0.1) is 0 Å². The first-order valence-electron chi connectivity index (χ1n) is 8.86. The molecule has 0 aliphatic heterocycles. The van der Waals surface area contributed by atoms with Crippen LogP contribution in [0.3, 0.4) is 0 Å². The fraction of sp³-hybridized carbons (Fsp3) is 0.619. The summed E-state index contributed by atoms with van der Waals surface area (Å²) in [5, 5.41) is 3.63. The van der Waals surface area contributed by atoms with Gasteiger partial charge < -0.3 is 5.32 Å². The second kappa shape index (κ2) is 6.89. The van der Waals surface area contributed by atoms with E-state index in [1.807, 2.05) is 0 Å². The molecule has 0 spiro atoms. The fourth-order valence-corrected chi connectivity index (χ4v) is 3.11. The largest absolute Gasteiger partial charge is 0.359 e. The van der Waals surface area contributed by atoms with Crippen LogP contribution in [0.1, 0.15) is 66.7 Å². The molecule has 0 heterocycles. The van der Waals surface area contributed by atoms with Crippen molar-refractivity contribution in [3.05, 3.63) is 47.3 Å². The van der Waals surface area contributed by atoms with Gasteiger partial charge in [-0.2, -0.15) is 0 Å². The second-order valence-corrected chi connectivity index (χ2v) is 8.09. The highest BCUT2D eigenvalue weighted by Crippen LogP contribution is 2.39. The first-order valence-corrected chi connectivity index (χ1v) is 8.86. The summed E-state index contributed by atoms with van der Waals surface area (Å²) < 4.78 is 0. The lowest BCUT2D eigenvalue weighted by Gasteiger charge is -2.31. The molecule has 0 amide bonds. The van der Waals surface area contributed by atoms with Gasteiger partial charge in [0.2, 0.25) is 0 Å². The quantitative estimate of drug-likeness (QED) is 0.644. The zero-order valence-electron chi connectivity index (χ0n) is 15.1. The summed E-state index contributed by atoms with van der Waals surface area (Å²) in [4.78, 5) is 0. The van der Waals surface area contributed by atoms with Crippen LogP contribution >= 0.6 is 0 Å². The normalized spacial score (nSPS) is 22.5. The SMILES string of the molecule is C=C(NC1=CCCC=C1C1=CCC(C)(C)CC1)C(C)C(C)C. The summed E-state index contributed by atoms with van der Waals surface area (Å²) in [5.41, 5.74) is 5.85. The summed E-state index contributed by atoms with van der Waals surface area (Å²) in [6, 6.07) is 0. The number of nitrogens with one attached hydrogen (secondary N) is 1. The van der Waals surface area contributed by atoms with Crippen LogP contribution in [0.5, 0.6) is 0 Å². The standard InChI is InChI=1S/C21H33N/c1-15(2)16(3)17(4)22-20-10-8-7-9-19(20)18-11-13-21(5,6)14-12-18/h9-11,15-16,22H,4,7-8,12-14H2,1-3,5-6H3. The van der Waals surface area contributed by atoms with E-state index in [0.717, 1.165) is 18.5 Å². The summed E-state index contributed by atoms with van der Waals surface area (Å²) in [6.45, 7) is 15.8. The minimum absolute atomic E-state index is 0.464. The topological polar surface area (TPSA) is 12.0 Å². The molecule has 1 nitrogen and oxygen atoms in total. The van der Waals surface area contributed by atoms with Gasteiger partial charge in [-0.1, -0.05) is 59.4 Å². The highest BCUT2D eigenvalue weighted by atomic mass is 14.9. The molecule has 1 N–H and O–H groups in total. The Labute approximate surface area is 137 Å². The number of hydrogen-bond acceptors (Lipinski definition) is 1. The van der Waals surface area contributed by atoms with Gasteiger partial charge in [0, 0.05) is 11.4 Å². The summed E-state index contributed by atoms with van der Waals surface area (Å²) >= 11 is 0. The van der Waals surface area contributed by atoms with Gasteiger partial charge in [-0.3, -0.25) is 0 Å². The maximum Gasteiger partial charge on any atom is 0.0414 e. The molecule has 2 rings (SSSR count). The average molecular weight is 300 g/mol. The van der Waals surface area contributed by atoms with E-state index in [-0.39, 0.29) is 0 Å². The maximum atomic E-state index is 4.27. The molecule has 0 radical (unpaired) electrons. The Kier molecular flexibility index (Phi) is 5.36. The van der Waals surface area contributed by atoms with Crippen molar-refractivity contribution < 1.29 is 0 Å². The third-order valence-corrected chi connectivity index (χ3v) is 5.32. The summed E-state index contributed by atoms with van der Waals surface area (Å²) in [5.74, 6) is 1.11. The minimum atomic E-state index is 0.464. The van der Waals surface area contributed by atoms with Crippen molar-refractivity contribution in [1.82, 2.24) is 5.32 Å². The first kappa shape index (κ1) is 17.1. The van der Waals surface area contributed by atoms with Crippen molar-refractivity contribution in [2.75, 3.05) is 0 Å². The highest BCUT2D eigenvalue weighted by molar-refractivity contribution is 5.49. The molecular formula is C21H33N. The molecule has 2 aliphatic carbocycles. The van der Waals surface area contributed by atoms with Gasteiger partial charge in [0.15, 0.2) is 0 Å². The lowest BCUT2D eigenvalue weighted by Crippen LogP contribution is -2.24. The fourth-order valence-electron chi connectivity index (χ4n) is 3.11. The summed E-state index contributed by atoms with van der Waals surface area (Å²) in [7, 11) is 0. The highest BCUT2D eigenvalue weighted by Gasteiger charge is 2.25. The number of allylic oxidation sites excluding steroid dienone is 5. The van der Waals surface area contributed by atoms with Crippen molar-refractivity contribution in [3.8, 4) is 0 Å². The van der Waals surface area contributed by atoms with Crippen LogP contribution in [0.25, 0.3) is 0 Å². The van der Waals surface area contributed by atoms with Crippen molar-refractivity contribution >= 4 is 0 Å². The molecule has 122 valence electrons. The predicted octanol–water partition coefficient (Wildman–Crippen LogP) is 6.12. The zero-order chi connectivity index (χ0) is 16.3. The average Bonchev–Trinajstić information content (AvgIpc) is 2.47. The molecule has 1 unspecified atom stereocenters. The Balaban J connectivity index is 2.11. The Morgan fingerprint density at radius 3 is 2.41 bits per heavy atom. The van der Waals surface area contributed by atoms with E-state index in [9.17, 15) is 0 Å². The lowest BCUT2D eigenvalue weighted by atomic mass is 9.76. The Hall–Kier alpha value is -1.24. The number of rotatable bonds is 5. The van der Waals surface area contributed by atoms with E-state index < -0.39 is 0 Å². The summed E-state index contributed by atoms with van der Waals surface area (Å²) in [6.07, 6.45) is 13.2. The van der Waals surface area contributed by atoms with Gasteiger partial charge in [-0.05, 0) is 60.5 Å². The van der Waals surface area contributed by atoms with Crippen LogP contribution in [0.4, 0.5) is 0 Å². The Morgan fingerprint density at radius 2 is 1.82 bits per heavy atom. The van der Waals surface area contributed by atoms with E-state index >= 15 is 0 Å². The van der Waals surface area contributed by atoms with E-state index in [2.05, 4.69) is 64.7 Å². The van der Waals surface area contributed by atoms with Crippen LogP contribution in [-0.4, -0.2) is 0 Å². The van der Waals surface area contributed by atoms with Crippen molar-refractivity contribution in [1.29, 1.82) is 0 Å². The molecule has 0 bridgehead atoms. The smallest absolute Gasteiger partial charge is 0.0414 e. The third-order valence-electron chi connectivity index (χ3n) is 5.32. The first-order chi connectivity index (χ1) is 10.3. The van der Waals surface area contributed by atoms with Crippen LogP contribution < -0.4 is 5.32 Å². The molecule has 0 saturated heterocycles. The molecule has 0 fully saturated rings. The van der Waals surface area contributed by atoms with Gasteiger partial charge in [-0.25, -0.2) is 0 Å². The van der Waals surface area contributed by atoms with Gasteiger partial charge in [0.1, 0.15) is 0 Å². The Morgan fingerprint density at radius 1 is 1.14 bits per heavy atom. The van der Waals surface area contributed by atoms with Gasteiger partial charge in [0.05, 0.1) is 0 Å².